The molecule has 4 aliphatic rings. The van der Waals surface area contributed by atoms with Crippen LogP contribution in [-0.2, 0) is 11.2 Å². The highest BCUT2D eigenvalue weighted by Crippen LogP contribution is 2.59. The maximum Gasteiger partial charge on any atom is 0.282 e. The third kappa shape index (κ3) is 5.24. The summed E-state index contributed by atoms with van der Waals surface area (Å²) in [5.74, 6) is -0.576. The first kappa shape index (κ1) is 30.4. The molecule has 2 aliphatic heterocycles. The minimum atomic E-state index is -1.09. The van der Waals surface area contributed by atoms with Gasteiger partial charge in [-0.25, -0.2) is 13.8 Å². The van der Waals surface area contributed by atoms with Crippen LogP contribution in [-0.4, -0.2) is 78.8 Å². The highest BCUT2D eigenvalue weighted by Gasteiger charge is 2.46. The van der Waals surface area contributed by atoms with E-state index in [0.29, 0.717) is 46.4 Å². The number of fused-ring (bicyclic) bond motifs is 4. The number of carbonyl (C=O) groups is 1. The standard InChI is InChI=1S/C35H33ClF2N6O2/c1-19(37)35(45)44-9-8-43(17-23(44)6-7-39)33-28-13-30(36)27(25-5-3-4-20-10-21-11-26(21)32(20)25)14-31(28)41-34(29(33)15-40)46-18-24-12-22(38)16-42(24)2/h3-5,13-14,21-24,26H,1,6,8-12,16-18H2,2H3/t21?,22-,23+,24+,26?/m1/s1. The average molecular weight is 643 g/mol. The van der Waals surface area contributed by atoms with Crippen molar-refractivity contribution < 1.29 is 18.3 Å². The number of halogens is 3. The summed E-state index contributed by atoms with van der Waals surface area (Å²) in [6, 6.07) is 13.7. The van der Waals surface area contributed by atoms with Crippen LogP contribution in [0.25, 0.3) is 22.0 Å². The number of aromatic nitrogens is 1. The first-order chi connectivity index (χ1) is 22.2. The highest BCUT2D eigenvalue weighted by molar-refractivity contribution is 6.34. The Hall–Kier alpha value is -4.25. The van der Waals surface area contributed by atoms with Gasteiger partial charge in [0.2, 0.25) is 5.88 Å². The first-order valence-corrected chi connectivity index (χ1v) is 16.0. The van der Waals surface area contributed by atoms with Gasteiger partial charge in [-0.3, -0.25) is 9.69 Å². The minimum Gasteiger partial charge on any atom is -0.475 e. The SMILES string of the molecule is C=C(F)C(=O)N1CCN(c2c(C#N)c(OC[C@@H]3C[C@@H](F)CN3C)nc3cc(-c4cccc5c4C4CC4C5)c(Cl)cc23)C[C@@H]1CC#N. The number of amides is 1. The molecule has 1 aromatic heterocycles. The fourth-order valence-corrected chi connectivity index (χ4v) is 7.97. The largest absolute Gasteiger partial charge is 0.475 e. The van der Waals surface area contributed by atoms with Crippen molar-refractivity contribution in [3.8, 4) is 29.1 Å². The van der Waals surface area contributed by atoms with E-state index < -0.39 is 23.9 Å². The van der Waals surface area contributed by atoms with Gasteiger partial charge in [0, 0.05) is 48.2 Å². The maximum absolute atomic E-state index is 14.2. The Morgan fingerprint density at radius 1 is 1.17 bits per heavy atom. The molecule has 3 aromatic rings. The van der Waals surface area contributed by atoms with Crippen LogP contribution in [0.15, 0.2) is 42.7 Å². The number of ether oxygens (including phenoxy) is 1. The summed E-state index contributed by atoms with van der Waals surface area (Å²) in [7, 11) is 1.84. The second kappa shape index (κ2) is 11.8. The lowest BCUT2D eigenvalue weighted by Gasteiger charge is -2.42. The molecular formula is C35H33ClF2N6O2. The molecule has 2 saturated heterocycles. The number of hydrogen-bond donors (Lipinski definition) is 0. The quantitative estimate of drug-likeness (QED) is 0.295. The van der Waals surface area contributed by atoms with Crippen LogP contribution in [0, 0.1) is 28.6 Å². The Labute approximate surface area is 271 Å². The molecule has 46 heavy (non-hydrogen) atoms. The minimum absolute atomic E-state index is 0.0334. The first-order valence-electron chi connectivity index (χ1n) is 15.6. The van der Waals surface area contributed by atoms with Gasteiger partial charge in [0.05, 0.1) is 29.7 Å². The van der Waals surface area contributed by atoms with Crippen molar-refractivity contribution in [2.75, 3.05) is 44.7 Å². The predicted molar refractivity (Wildman–Crippen MR) is 171 cm³/mol. The Balaban J connectivity index is 1.34. The third-order valence-electron chi connectivity index (χ3n) is 10.1. The van der Waals surface area contributed by atoms with Gasteiger partial charge in [-0.1, -0.05) is 36.4 Å². The number of likely N-dealkylation sites (N-methyl/N-ethyl adjacent to an activating group) is 1. The molecule has 2 aromatic carbocycles. The summed E-state index contributed by atoms with van der Waals surface area (Å²) in [4.78, 5) is 22.6. The number of anilines is 1. The summed E-state index contributed by atoms with van der Waals surface area (Å²) in [5.41, 5.74) is 5.91. The number of nitrogens with zero attached hydrogens (tertiary/aromatic N) is 6. The van der Waals surface area contributed by atoms with E-state index >= 15 is 0 Å². The fourth-order valence-electron chi connectivity index (χ4n) is 7.70. The summed E-state index contributed by atoms with van der Waals surface area (Å²) in [6.45, 7) is 4.17. The lowest BCUT2D eigenvalue weighted by Crippen LogP contribution is -2.55. The van der Waals surface area contributed by atoms with Gasteiger partial charge >= 0.3 is 0 Å². The molecule has 5 atom stereocenters. The normalized spacial score (nSPS) is 25.1. The molecule has 1 saturated carbocycles. The summed E-state index contributed by atoms with van der Waals surface area (Å²) in [6.07, 6.45) is 1.60. The smallest absolute Gasteiger partial charge is 0.282 e. The van der Waals surface area contributed by atoms with Crippen molar-refractivity contribution in [2.24, 2.45) is 5.92 Å². The van der Waals surface area contributed by atoms with Crippen LogP contribution in [0.2, 0.25) is 5.02 Å². The zero-order valence-corrected chi connectivity index (χ0v) is 26.2. The van der Waals surface area contributed by atoms with E-state index in [1.54, 1.807) is 0 Å². The van der Waals surface area contributed by atoms with E-state index in [1.807, 2.05) is 29.0 Å². The van der Waals surface area contributed by atoms with Crippen molar-refractivity contribution >= 4 is 34.1 Å². The zero-order chi connectivity index (χ0) is 32.3. The molecular weight excluding hydrogens is 610 g/mol. The maximum atomic E-state index is 14.2. The average Bonchev–Trinajstić information content (AvgIpc) is 3.58. The number of alkyl halides is 1. The third-order valence-corrected chi connectivity index (χ3v) is 10.4. The molecule has 11 heteroatoms. The lowest BCUT2D eigenvalue weighted by molar-refractivity contribution is -0.131. The molecule has 0 N–H and O–H groups in total. The van der Waals surface area contributed by atoms with Gasteiger partial charge in [-0.2, -0.15) is 10.5 Å². The van der Waals surface area contributed by atoms with Crippen LogP contribution in [0.3, 0.4) is 0 Å². The van der Waals surface area contributed by atoms with Gasteiger partial charge in [0.15, 0.2) is 5.83 Å². The number of piperazine rings is 1. The number of rotatable bonds is 7. The van der Waals surface area contributed by atoms with Crippen LogP contribution in [0.4, 0.5) is 14.5 Å². The molecule has 236 valence electrons. The van der Waals surface area contributed by atoms with Crippen LogP contribution in [0.1, 0.15) is 41.9 Å². The number of likely N-dealkylation sites (tertiary alicyclic amines) is 1. The molecule has 2 aliphatic carbocycles. The van der Waals surface area contributed by atoms with E-state index in [4.69, 9.17) is 21.3 Å². The van der Waals surface area contributed by atoms with E-state index in [2.05, 4.69) is 36.9 Å². The molecule has 7 rings (SSSR count). The molecule has 3 fully saturated rings. The van der Waals surface area contributed by atoms with Crippen molar-refractivity contribution in [1.82, 2.24) is 14.8 Å². The summed E-state index contributed by atoms with van der Waals surface area (Å²) < 4.78 is 34.3. The van der Waals surface area contributed by atoms with Crippen molar-refractivity contribution in [1.29, 1.82) is 10.5 Å². The van der Waals surface area contributed by atoms with Crippen LogP contribution >= 0.6 is 11.6 Å². The van der Waals surface area contributed by atoms with Crippen LogP contribution < -0.4 is 9.64 Å². The molecule has 8 nitrogen and oxygen atoms in total. The van der Waals surface area contributed by atoms with E-state index in [1.165, 1.54) is 22.4 Å². The molecule has 0 spiro atoms. The Morgan fingerprint density at radius 3 is 2.72 bits per heavy atom. The van der Waals surface area contributed by atoms with Gasteiger partial charge in [-0.15, -0.1) is 0 Å². The number of pyridine rings is 1. The fraction of sp³-hybridized carbons (Fsp3) is 0.429. The molecule has 3 heterocycles. The number of carbonyl (C=O) groups excluding carboxylic acids is 1. The zero-order valence-electron chi connectivity index (χ0n) is 25.5. The highest BCUT2D eigenvalue weighted by atomic mass is 35.5. The molecule has 0 bridgehead atoms. The Bertz CT molecular complexity index is 1850. The van der Waals surface area contributed by atoms with Gasteiger partial charge < -0.3 is 14.5 Å². The van der Waals surface area contributed by atoms with Crippen LogP contribution in [0.5, 0.6) is 5.88 Å². The Kier molecular flexibility index (Phi) is 7.83. The van der Waals surface area contributed by atoms with E-state index in [9.17, 15) is 24.1 Å². The number of benzene rings is 2. The van der Waals surface area contributed by atoms with Crippen molar-refractivity contribution in [3.05, 3.63) is 64.5 Å². The van der Waals surface area contributed by atoms with E-state index in [-0.39, 0.29) is 50.1 Å². The second-order valence-corrected chi connectivity index (χ2v) is 13.3. The van der Waals surface area contributed by atoms with E-state index in [0.717, 1.165) is 17.5 Å². The molecule has 1 amide bonds. The summed E-state index contributed by atoms with van der Waals surface area (Å²) >= 11 is 7.05. The van der Waals surface area contributed by atoms with Crippen molar-refractivity contribution in [2.45, 2.75) is 49.9 Å². The Morgan fingerprint density at radius 2 is 2.00 bits per heavy atom. The summed E-state index contributed by atoms with van der Waals surface area (Å²) in [5, 5.41) is 21.2. The predicted octanol–water partition coefficient (Wildman–Crippen LogP) is 5.92. The topological polar surface area (TPSA) is 96.5 Å². The second-order valence-electron chi connectivity index (χ2n) is 12.9. The number of nitriles is 2. The molecule has 0 radical (unpaired) electrons. The van der Waals surface area contributed by atoms with Gasteiger partial charge in [-0.05, 0) is 67.0 Å². The van der Waals surface area contributed by atoms with Gasteiger partial charge in [0.25, 0.3) is 5.91 Å². The molecule has 2 unspecified atom stereocenters. The number of hydrogen-bond acceptors (Lipinski definition) is 7. The van der Waals surface area contributed by atoms with Gasteiger partial charge in [0.1, 0.15) is 24.4 Å². The lowest BCUT2D eigenvalue weighted by atomic mass is 9.93. The van der Waals surface area contributed by atoms with Crippen molar-refractivity contribution in [3.63, 3.8) is 0 Å². The monoisotopic (exact) mass is 642 g/mol.